The van der Waals surface area contributed by atoms with E-state index in [0.717, 1.165) is 11.3 Å². The SMILES string of the molecule is CNC(OC)c1cc(C)c(OC)c(C)c1C. The first-order valence-corrected chi connectivity index (χ1v) is 5.41. The molecular formula is C13H21NO2. The quantitative estimate of drug-likeness (QED) is 0.795. The first kappa shape index (κ1) is 13.0. The van der Waals surface area contributed by atoms with Crippen molar-refractivity contribution in [2.45, 2.75) is 27.0 Å². The first-order valence-electron chi connectivity index (χ1n) is 5.41. The number of rotatable bonds is 4. The molecule has 0 aromatic heterocycles. The summed E-state index contributed by atoms with van der Waals surface area (Å²) in [5, 5.41) is 3.14. The van der Waals surface area contributed by atoms with E-state index in [2.05, 4.69) is 32.2 Å². The number of methoxy groups -OCH3 is 2. The number of nitrogens with one attached hydrogen (secondary N) is 1. The minimum Gasteiger partial charge on any atom is -0.496 e. The Morgan fingerprint density at radius 1 is 1.12 bits per heavy atom. The average Bonchev–Trinajstić information content (AvgIpc) is 2.27. The van der Waals surface area contributed by atoms with Crippen molar-refractivity contribution in [1.29, 1.82) is 0 Å². The molecular weight excluding hydrogens is 202 g/mol. The molecule has 90 valence electrons. The third-order valence-electron chi connectivity index (χ3n) is 3.05. The van der Waals surface area contributed by atoms with E-state index in [0.29, 0.717) is 0 Å². The van der Waals surface area contributed by atoms with Crippen LogP contribution in [0.15, 0.2) is 6.07 Å². The summed E-state index contributed by atoms with van der Waals surface area (Å²) in [6.45, 7) is 6.22. The molecule has 0 saturated carbocycles. The van der Waals surface area contributed by atoms with E-state index in [9.17, 15) is 0 Å². The molecule has 1 aromatic rings. The topological polar surface area (TPSA) is 30.5 Å². The van der Waals surface area contributed by atoms with Crippen molar-refractivity contribution in [3.05, 3.63) is 28.3 Å². The third-order valence-corrected chi connectivity index (χ3v) is 3.05. The fourth-order valence-electron chi connectivity index (χ4n) is 2.08. The van der Waals surface area contributed by atoms with Crippen LogP contribution < -0.4 is 10.1 Å². The van der Waals surface area contributed by atoms with Crippen molar-refractivity contribution in [1.82, 2.24) is 5.32 Å². The third kappa shape index (κ3) is 2.20. The summed E-state index contributed by atoms with van der Waals surface area (Å²) >= 11 is 0. The summed E-state index contributed by atoms with van der Waals surface area (Å²) in [4.78, 5) is 0. The number of ether oxygens (including phenoxy) is 2. The van der Waals surface area contributed by atoms with Crippen molar-refractivity contribution in [2.24, 2.45) is 0 Å². The Hall–Kier alpha value is -1.06. The van der Waals surface area contributed by atoms with Gasteiger partial charge < -0.3 is 9.47 Å². The van der Waals surface area contributed by atoms with E-state index >= 15 is 0 Å². The molecule has 0 aliphatic rings. The molecule has 1 unspecified atom stereocenters. The second-order valence-electron chi connectivity index (χ2n) is 3.97. The molecule has 0 aliphatic carbocycles. The van der Waals surface area contributed by atoms with Gasteiger partial charge in [0.1, 0.15) is 12.0 Å². The fourth-order valence-corrected chi connectivity index (χ4v) is 2.08. The maximum absolute atomic E-state index is 5.40. The van der Waals surface area contributed by atoms with Crippen molar-refractivity contribution >= 4 is 0 Å². The molecule has 3 heteroatoms. The predicted molar refractivity (Wildman–Crippen MR) is 66.0 cm³/mol. The van der Waals surface area contributed by atoms with Gasteiger partial charge in [0.25, 0.3) is 0 Å². The molecule has 0 saturated heterocycles. The minimum atomic E-state index is -0.0664. The number of hydrogen-bond acceptors (Lipinski definition) is 3. The Bertz CT molecular complexity index is 371. The van der Waals surface area contributed by atoms with Crippen molar-refractivity contribution in [2.75, 3.05) is 21.3 Å². The summed E-state index contributed by atoms with van der Waals surface area (Å²) in [6.07, 6.45) is -0.0664. The van der Waals surface area contributed by atoms with E-state index in [4.69, 9.17) is 9.47 Å². The van der Waals surface area contributed by atoms with E-state index in [-0.39, 0.29) is 6.23 Å². The summed E-state index contributed by atoms with van der Waals surface area (Å²) in [6, 6.07) is 2.12. The zero-order valence-corrected chi connectivity index (χ0v) is 11.0. The highest BCUT2D eigenvalue weighted by Gasteiger charge is 2.16. The normalized spacial score (nSPS) is 12.6. The standard InChI is InChI=1S/C13H21NO2/c1-8-7-11(13(14-4)16-6)9(2)10(3)12(8)15-5/h7,13-14H,1-6H3. The number of benzene rings is 1. The smallest absolute Gasteiger partial charge is 0.133 e. The number of aryl methyl sites for hydroxylation is 1. The molecule has 0 bridgehead atoms. The lowest BCUT2D eigenvalue weighted by Gasteiger charge is -2.21. The van der Waals surface area contributed by atoms with Gasteiger partial charge in [0.15, 0.2) is 0 Å². The van der Waals surface area contributed by atoms with Gasteiger partial charge in [-0.15, -0.1) is 0 Å². The van der Waals surface area contributed by atoms with E-state index in [1.807, 2.05) is 7.05 Å². The van der Waals surface area contributed by atoms with Crippen molar-refractivity contribution in [3.8, 4) is 5.75 Å². The molecule has 3 nitrogen and oxygen atoms in total. The van der Waals surface area contributed by atoms with Gasteiger partial charge in [-0.2, -0.15) is 0 Å². The highest BCUT2D eigenvalue weighted by atomic mass is 16.5. The van der Waals surface area contributed by atoms with Gasteiger partial charge in [-0.25, -0.2) is 0 Å². The second kappa shape index (κ2) is 5.32. The van der Waals surface area contributed by atoms with Gasteiger partial charge in [0.05, 0.1) is 7.11 Å². The van der Waals surface area contributed by atoms with Gasteiger partial charge in [0.2, 0.25) is 0 Å². The molecule has 0 heterocycles. The van der Waals surface area contributed by atoms with Gasteiger partial charge in [0, 0.05) is 7.11 Å². The Balaban J connectivity index is 3.32. The Morgan fingerprint density at radius 2 is 1.75 bits per heavy atom. The second-order valence-corrected chi connectivity index (χ2v) is 3.97. The molecule has 1 atom stereocenters. The molecule has 1 rings (SSSR count). The largest absolute Gasteiger partial charge is 0.496 e. The van der Waals surface area contributed by atoms with Crippen LogP contribution >= 0.6 is 0 Å². The van der Waals surface area contributed by atoms with Gasteiger partial charge in [-0.05, 0) is 56.1 Å². The molecule has 0 aliphatic heterocycles. The number of hydrogen-bond donors (Lipinski definition) is 1. The fraction of sp³-hybridized carbons (Fsp3) is 0.538. The summed E-state index contributed by atoms with van der Waals surface area (Å²) < 4.78 is 10.8. The van der Waals surface area contributed by atoms with Crippen LogP contribution in [0.5, 0.6) is 5.75 Å². The molecule has 0 spiro atoms. The average molecular weight is 223 g/mol. The van der Waals surface area contributed by atoms with Crippen LogP contribution in [-0.2, 0) is 4.74 Å². The zero-order chi connectivity index (χ0) is 12.3. The maximum Gasteiger partial charge on any atom is 0.133 e. The highest BCUT2D eigenvalue weighted by Crippen LogP contribution is 2.31. The monoisotopic (exact) mass is 223 g/mol. The van der Waals surface area contributed by atoms with Crippen LogP contribution in [0.1, 0.15) is 28.5 Å². The Labute approximate surface area is 97.8 Å². The molecule has 0 amide bonds. The van der Waals surface area contributed by atoms with Gasteiger partial charge in [-0.1, -0.05) is 0 Å². The van der Waals surface area contributed by atoms with Crippen LogP contribution in [0.4, 0.5) is 0 Å². The van der Waals surface area contributed by atoms with Gasteiger partial charge in [-0.3, -0.25) is 5.32 Å². The van der Waals surface area contributed by atoms with E-state index < -0.39 is 0 Å². The summed E-state index contributed by atoms with van der Waals surface area (Å²) in [7, 11) is 5.30. The lowest BCUT2D eigenvalue weighted by Crippen LogP contribution is -2.19. The maximum atomic E-state index is 5.40. The van der Waals surface area contributed by atoms with Crippen LogP contribution in [0.2, 0.25) is 0 Å². The lowest BCUT2D eigenvalue weighted by atomic mass is 9.97. The summed E-state index contributed by atoms with van der Waals surface area (Å²) in [5.41, 5.74) is 4.69. The van der Waals surface area contributed by atoms with Gasteiger partial charge >= 0.3 is 0 Å². The molecule has 0 radical (unpaired) electrons. The molecule has 0 fully saturated rings. The van der Waals surface area contributed by atoms with Crippen LogP contribution in [0.25, 0.3) is 0 Å². The van der Waals surface area contributed by atoms with E-state index in [1.54, 1.807) is 14.2 Å². The predicted octanol–water partition coefficient (Wildman–Crippen LogP) is 2.48. The van der Waals surface area contributed by atoms with E-state index in [1.165, 1.54) is 16.7 Å². The van der Waals surface area contributed by atoms with Crippen molar-refractivity contribution in [3.63, 3.8) is 0 Å². The lowest BCUT2D eigenvalue weighted by molar-refractivity contribution is 0.0802. The molecule has 1 N–H and O–H groups in total. The van der Waals surface area contributed by atoms with Crippen LogP contribution in [0.3, 0.4) is 0 Å². The van der Waals surface area contributed by atoms with Crippen LogP contribution in [-0.4, -0.2) is 21.3 Å². The Morgan fingerprint density at radius 3 is 2.19 bits per heavy atom. The molecule has 1 aromatic carbocycles. The first-order chi connectivity index (χ1) is 7.56. The van der Waals surface area contributed by atoms with Crippen molar-refractivity contribution < 1.29 is 9.47 Å². The summed E-state index contributed by atoms with van der Waals surface area (Å²) in [5.74, 6) is 0.965. The zero-order valence-electron chi connectivity index (χ0n) is 11.0. The highest BCUT2D eigenvalue weighted by molar-refractivity contribution is 5.49. The Kier molecular flexibility index (Phi) is 4.33. The van der Waals surface area contributed by atoms with Crippen LogP contribution in [0, 0.1) is 20.8 Å². The minimum absolute atomic E-state index is 0.0664. The molecule has 16 heavy (non-hydrogen) atoms.